The topological polar surface area (TPSA) is 75.2 Å². The highest BCUT2D eigenvalue weighted by Crippen LogP contribution is 2.38. The molecule has 3 heterocycles. The molecule has 1 aliphatic rings. The monoisotopic (exact) mass is 370 g/mol. The maximum Gasteiger partial charge on any atom is 0.239 e. The van der Waals surface area contributed by atoms with Crippen LogP contribution in [0.4, 0.5) is 0 Å². The molecule has 0 saturated carbocycles. The molecule has 23 heavy (non-hydrogen) atoms. The predicted molar refractivity (Wildman–Crippen MR) is 92.1 cm³/mol. The van der Waals surface area contributed by atoms with Crippen LogP contribution in [-0.4, -0.2) is 51.6 Å². The lowest BCUT2D eigenvalue weighted by Crippen LogP contribution is -2.55. The highest BCUT2D eigenvalue weighted by molar-refractivity contribution is 8.00. The Morgan fingerprint density at radius 2 is 2.35 bits per heavy atom. The Bertz CT molecular complexity index is 779. The molecule has 1 saturated heterocycles. The lowest BCUT2D eigenvalue weighted by molar-refractivity contribution is -0.137. The van der Waals surface area contributed by atoms with Gasteiger partial charge in [-0.05, 0) is 13.8 Å². The van der Waals surface area contributed by atoms with Crippen molar-refractivity contribution in [2.24, 2.45) is 0 Å². The molecule has 1 unspecified atom stereocenters. The maximum atomic E-state index is 12.3. The van der Waals surface area contributed by atoms with Crippen LogP contribution in [0.15, 0.2) is 11.4 Å². The van der Waals surface area contributed by atoms with Crippen LogP contribution in [0.3, 0.4) is 0 Å². The molecule has 9 heteroatoms. The Labute approximate surface area is 146 Å². The molecule has 0 bridgehead atoms. The van der Waals surface area contributed by atoms with Crippen molar-refractivity contribution in [1.82, 2.24) is 20.2 Å². The summed E-state index contributed by atoms with van der Waals surface area (Å²) < 4.78 is 0. The van der Waals surface area contributed by atoms with E-state index in [0.29, 0.717) is 16.6 Å². The van der Waals surface area contributed by atoms with Gasteiger partial charge in [-0.2, -0.15) is 0 Å². The van der Waals surface area contributed by atoms with Crippen LogP contribution in [0.1, 0.15) is 11.8 Å². The zero-order valence-corrected chi connectivity index (χ0v) is 15.0. The molecular weight excluding hydrogens is 356 g/mol. The SMILES string of the molecule is Cc1sc2ncnc(SCC(=O)N3CC(=O)NC(C)C3)c2c1Cl. The van der Waals surface area contributed by atoms with E-state index in [0.717, 1.165) is 15.1 Å². The van der Waals surface area contributed by atoms with Crippen molar-refractivity contribution >= 4 is 56.7 Å². The first-order valence-corrected chi connectivity index (χ1v) is 9.23. The summed E-state index contributed by atoms with van der Waals surface area (Å²) in [4.78, 5) is 35.7. The first-order valence-electron chi connectivity index (χ1n) is 7.05. The number of hydrogen-bond acceptors (Lipinski definition) is 6. The molecule has 0 spiro atoms. The van der Waals surface area contributed by atoms with Crippen molar-refractivity contribution in [3.05, 3.63) is 16.2 Å². The number of nitrogens with one attached hydrogen (secondary N) is 1. The van der Waals surface area contributed by atoms with Crippen molar-refractivity contribution in [3.8, 4) is 0 Å². The third-order valence-electron chi connectivity index (χ3n) is 3.48. The molecule has 0 aliphatic carbocycles. The normalized spacial score (nSPS) is 18.3. The number of hydrogen-bond donors (Lipinski definition) is 1. The Kier molecular flexibility index (Phi) is 4.74. The molecular formula is C14H15ClN4O2S2. The summed E-state index contributed by atoms with van der Waals surface area (Å²) in [6.45, 7) is 4.46. The van der Waals surface area contributed by atoms with Crippen LogP contribution in [0.25, 0.3) is 10.2 Å². The molecule has 2 amide bonds. The number of nitrogens with zero attached hydrogens (tertiary/aromatic N) is 3. The van der Waals surface area contributed by atoms with Crippen molar-refractivity contribution in [1.29, 1.82) is 0 Å². The molecule has 1 atom stereocenters. The average Bonchev–Trinajstić information content (AvgIpc) is 2.79. The van der Waals surface area contributed by atoms with E-state index in [2.05, 4.69) is 15.3 Å². The van der Waals surface area contributed by atoms with E-state index in [1.54, 1.807) is 4.90 Å². The number of fused-ring (bicyclic) bond motifs is 1. The minimum atomic E-state index is -0.122. The number of aryl methyl sites for hydroxylation is 1. The quantitative estimate of drug-likeness (QED) is 0.661. The van der Waals surface area contributed by atoms with Gasteiger partial charge >= 0.3 is 0 Å². The van der Waals surface area contributed by atoms with Gasteiger partial charge in [-0.3, -0.25) is 9.59 Å². The van der Waals surface area contributed by atoms with Gasteiger partial charge in [0.1, 0.15) is 16.2 Å². The fraction of sp³-hybridized carbons (Fsp3) is 0.429. The first-order chi connectivity index (χ1) is 11.0. The second-order valence-electron chi connectivity index (χ2n) is 5.36. The molecule has 1 N–H and O–H groups in total. The fourth-order valence-corrected chi connectivity index (χ4v) is 4.70. The largest absolute Gasteiger partial charge is 0.350 e. The summed E-state index contributed by atoms with van der Waals surface area (Å²) in [7, 11) is 0. The van der Waals surface area contributed by atoms with Gasteiger partial charge in [-0.25, -0.2) is 9.97 Å². The smallest absolute Gasteiger partial charge is 0.239 e. The van der Waals surface area contributed by atoms with Crippen molar-refractivity contribution < 1.29 is 9.59 Å². The molecule has 6 nitrogen and oxygen atoms in total. The van der Waals surface area contributed by atoms with Crippen LogP contribution in [0.5, 0.6) is 0 Å². The minimum absolute atomic E-state index is 0.0232. The van der Waals surface area contributed by atoms with Gasteiger partial charge in [0.15, 0.2) is 0 Å². The molecule has 122 valence electrons. The van der Waals surface area contributed by atoms with Gasteiger partial charge in [0.05, 0.1) is 22.7 Å². The van der Waals surface area contributed by atoms with Crippen LogP contribution in [0.2, 0.25) is 5.02 Å². The third kappa shape index (κ3) is 3.44. The van der Waals surface area contributed by atoms with Gasteiger partial charge in [0, 0.05) is 17.5 Å². The first kappa shape index (κ1) is 16.5. The summed E-state index contributed by atoms with van der Waals surface area (Å²) in [6, 6.07) is -0.0232. The van der Waals surface area contributed by atoms with Crippen molar-refractivity contribution in [2.75, 3.05) is 18.8 Å². The van der Waals surface area contributed by atoms with Gasteiger partial charge in [-0.15, -0.1) is 11.3 Å². The molecule has 2 aromatic rings. The number of aromatic nitrogens is 2. The molecule has 1 fully saturated rings. The number of thioether (sulfide) groups is 1. The highest BCUT2D eigenvalue weighted by atomic mass is 35.5. The van der Waals surface area contributed by atoms with Crippen LogP contribution in [-0.2, 0) is 9.59 Å². The zero-order chi connectivity index (χ0) is 16.6. The van der Waals surface area contributed by atoms with Gasteiger partial charge in [-0.1, -0.05) is 23.4 Å². The van der Waals surface area contributed by atoms with Crippen LogP contribution >= 0.6 is 34.7 Å². The Morgan fingerprint density at radius 3 is 3.09 bits per heavy atom. The number of halogens is 1. The number of carbonyl (C=O) groups excluding carboxylic acids is 2. The minimum Gasteiger partial charge on any atom is -0.350 e. The number of rotatable bonds is 3. The van der Waals surface area contributed by atoms with Crippen LogP contribution in [0, 0.1) is 6.92 Å². The Hall–Kier alpha value is -1.38. The van der Waals surface area contributed by atoms with E-state index in [1.807, 2.05) is 13.8 Å². The molecule has 0 radical (unpaired) electrons. The predicted octanol–water partition coefficient (Wildman–Crippen LogP) is 2.09. The van der Waals surface area contributed by atoms with Gasteiger partial charge in [0.2, 0.25) is 11.8 Å². The highest BCUT2D eigenvalue weighted by Gasteiger charge is 2.25. The number of piperazine rings is 1. The lowest BCUT2D eigenvalue weighted by Gasteiger charge is -2.31. The van der Waals surface area contributed by atoms with Gasteiger partial charge in [0.25, 0.3) is 0 Å². The standard InChI is InChI=1S/C14H15ClN4O2S2/c1-7-3-19(4-9(20)18-7)10(21)5-22-13-11-12(15)8(2)23-14(11)17-6-16-13/h6-7H,3-5H2,1-2H3,(H,18,20). The van der Waals surface area contributed by atoms with E-state index in [9.17, 15) is 9.59 Å². The third-order valence-corrected chi connectivity index (χ3v) is 6.05. The second-order valence-corrected chi connectivity index (χ2v) is 7.91. The zero-order valence-electron chi connectivity index (χ0n) is 12.6. The van der Waals surface area contributed by atoms with E-state index in [4.69, 9.17) is 11.6 Å². The molecule has 3 rings (SSSR count). The van der Waals surface area contributed by atoms with Gasteiger partial charge < -0.3 is 10.2 Å². The summed E-state index contributed by atoms with van der Waals surface area (Å²) in [5.74, 6) is 0.0201. The van der Waals surface area contributed by atoms with E-state index < -0.39 is 0 Å². The van der Waals surface area contributed by atoms with Crippen molar-refractivity contribution in [3.63, 3.8) is 0 Å². The maximum absolute atomic E-state index is 12.3. The van der Waals surface area contributed by atoms with E-state index >= 15 is 0 Å². The number of carbonyl (C=O) groups is 2. The molecule has 1 aliphatic heterocycles. The molecule has 2 aromatic heterocycles. The Balaban J connectivity index is 1.73. The summed E-state index contributed by atoms with van der Waals surface area (Å²) in [6.07, 6.45) is 1.48. The summed E-state index contributed by atoms with van der Waals surface area (Å²) >= 11 is 9.16. The molecule has 0 aromatic carbocycles. The average molecular weight is 371 g/mol. The van der Waals surface area contributed by atoms with E-state index in [-0.39, 0.29) is 30.2 Å². The van der Waals surface area contributed by atoms with Crippen molar-refractivity contribution in [2.45, 2.75) is 24.9 Å². The van der Waals surface area contributed by atoms with Crippen LogP contribution < -0.4 is 5.32 Å². The summed E-state index contributed by atoms with van der Waals surface area (Å²) in [5.41, 5.74) is 0. The lowest BCUT2D eigenvalue weighted by atomic mass is 10.2. The summed E-state index contributed by atoms with van der Waals surface area (Å²) in [5, 5.41) is 4.95. The second kappa shape index (κ2) is 6.62. The number of thiophene rings is 1. The fourth-order valence-electron chi connectivity index (χ4n) is 2.44. The Morgan fingerprint density at radius 1 is 1.57 bits per heavy atom. The van der Waals surface area contributed by atoms with E-state index in [1.165, 1.54) is 29.4 Å². The number of amides is 2.